The number of nitrogens with zero attached hydrogens (tertiary/aromatic N) is 3. The van der Waals surface area contributed by atoms with Crippen LogP contribution < -0.4 is 9.80 Å². The van der Waals surface area contributed by atoms with Gasteiger partial charge in [-0.15, -0.1) is 0 Å². The second kappa shape index (κ2) is 9.23. The Balaban J connectivity index is 1.62. The first-order chi connectivity index (χ1) is 15.3. The van der Waals surface area contributed by atoms with Crippen molar-refractivity contribution in [1.82, 2.24) is 0 Å². The predicted octanol–water partition coefficient (Wildman–Crippen LogP) is 3.52. The Morgan fingerprint density at radius 1 is 1.09 bits per heavy atom. The molecule has 6 nitrogen and oxygen atoms in total. The molecule has 9 heteroatoms. The highest BCUT2D eigenvalue weighted by atomic mass is 32.2. The number of aliphatic imine (C=N–C) groups is 1. The van der Waals surface area contributed by atoms with Crippen molar-refractivity contribution in [3.63, 3.8) is 0 Å². The van der Waals surface area contributed by atoms with E-state index in [1.54, 1.807) is 12.1 Å². The van der Waals surface area contributed by atoms with E-state index in [0.29, 0.717) is 10.7 Å². The number of carbonyl (C=O) groups is 1. The number of thioether (sulfide) groups is 1. The van der Waals surface area contributed by atoms with E-state index in [9.17, 15) is 17.6 Å². The van der Waals surface area contributed by atoms with Gasteiger partial charge in [0.25, 0.3) is 5.91 Å². The smallest absolute Gasteiger partial charge is 0.252 e. The summed E-state index contributed by atoms with van der Waals surface area (Å²) in [4.78, 5) is 21.1. The summed E-state index contributed by atoms with van der Waals surface area (Å²) in [5.74, 6) is -0.561. The highest BCUT2D eigenvalue weighted by Gasteiger charge is 2.49. The second-order valence-electron chi connectivity index (χ2n) is 7.95. The van der Waals surface area contributed by atoms with Crippen molar-refractivity contribution in [1.29, 1.82) is 0 Å². The first-order valence-electron chi connectivity index (χ1n) is 10.7. The van der Waals surface area contributed by atoms with Crippen molar-refractivity contribution in [2.75, 3.05) is 34.4 Å². The van der Waals surface area contributed by atoms with Gasteiger partial charge in [-0.1, -0.05) is 23.9 Å². The van der Waals surface area contributed by atoms with Gasteiger partial charge in [0, 0.05) is 29.7 Å². The minimum atomic E-state index is -3.13. The van der Waals surface area contributed by atoms with Gasteiger partial charge in [-0.05, 0) is 55.8 Å². The monoisotopic (exact) mass is 475 g/mol. The van der Waals surface area contributed by atoms with Crippen LogP contribution in [0, 0.1) is 5.82 Å². The number of rotatable bonds is 6. The lowest BCUT2D eigenvalue weighted by Crippen LogP contribution is -2.37. The summed E-state index contributed by atoms with van der Waals surface area (Å²) in [5.41, 5.74) is 2.60. The van der Waals surface area contributed by atoms with Crippen LogP contribution in [0.3, 0.4) is 0 Å². The van der Waals surface area contributed by atoms with Gasteiger partial charge in [-0.2, -0.15) is 4.99 Å². The van der Waals surface area contributed by atoms with Gasteiger partial charge in [0.2, 0.25) is 0 Å². The fraction of sp³-hybridized carbons (Fsp3) is 0.391. The molecule has 0 radical (unpaired) electrons. The molecule has 2 atom stereocenters. The highest BCUT2D eigenvalue weighted by molar-refractivity contribution is 8.16. The maximum Gasteiger partial charge on any atom is 0.252 e. The molecule has 2 aliphatic rings. The zero-order chi connectivity index (χ0) is 22.9. The average molecular weight is 476 g/mol. The molecule has 0 aliphatic carbocycles. The normalized spacial score (nSPS) is 22.8. The van der Waals surface area contributed by atoms with E-state index < -0.39 is 9.84 Å². The van der Waals surface area contributed by atoms with Crippen LogP contribution in [-0.2, 0) is 21.1 Å². The largest absolute Gasteiger partial charge is 0.372 e. The van der Waals surface area contributed by atoms with Crippen molar-refractivity contribution >= 4 is 44.0 Å². The number of carbonyl (C=O) groups excluding carboxylic acids is 1. The molecule has 2 saturated heterocycles. The van der Waals surface area contributed by atoms with E-state index in [2.05, 4.69) is 23.7 Å². The lowest BCUT2D eigenvalue weighted by molar-refractivity contribution is -0.117. The van der Waals surface area contributed by atoms with Crippen LogP contribution in [0.4, 0.5) is 15.8 Å². The SMILES string of the molecule is CCN(CC)c1ccc(N2C(=NC(=O)Cc3ccc(F)cc3)S[C@@H]3CS(=O)(=O)C[C@H]32)cc1. The topological polar surface area (TPSA) is 70.0 Å². The van der Waals surface area contributed by atoms with Crippen LogP contribution in [-0.4, -0.2) is 55.4 Å². The molecule has 0 saturated carbocycles. The Hall–Kier alpha value is -2.39. The van der Waals surface area contributed by atoms with E-state index in [4.69, 9.17) is 0 Å². The molecule has 0 spiro atoms. The summed E-state index contributed by atoms with van der Waals surface area (Å²) in [6, 6.07) is 13.5. The van der Waals surface area contributed by atoms with Gasteiger partial charge < -0.3 is 9.80 Å². The fourth-order valence-corrected chi connectivity index (χ4v) is 8.13. The van der Waals surface area contributed by atoms with E-state index in [0.717, 1.165) is 24.5 Å². The van der Waals surface area contributed by atoms with Gasteiger partial charge >= 0.3 is 0 Å². The van der Waals surface area contributed by atoms with E-state index >= 15 is 0 Å². The number of amides is 1. The minimum Gasteiger partial charge on any atom is -0.372 e. The van der Waals surface area contributed by atoms with Gasteiger partial charge in [0.1, 0.15) is 5.82 Å². The quantitative estimate of drug-likeness (QED) is 0.637. The number of fused-ring (bicyclic) bond motifs is 1. The summed E-state index contributed by atoms with van der Waals surface area (Å²) in [5, 5.41) is 0.373. The van der Waals surface area contributed by atoms with Crippen LogP contribution in [0.15, 0.2) is 53.5 Å². The van der Waals surface area contributed by atoms with Gasteiger partial charge in [-0.25, -0.2) is 12.8 Å². The second-order valence-corrected chi connectivity index (χ2v) is 11.3. The number of anilines is 2. The van der Waals surface area contributed by atoms with E-state index in [1.165, 1.54) is 23.9 Å². The average Bonchev–Trinajstić information content (AvgIpc) is 3.22. The number of hydrogen-bond acceptors (Lipinski definition) is 5. The first-order valence-corrected chi connectivity index (χ1v) is 13.4. The standard InChI is InChI=1S/C23H26FN3O3S2/c1-3-26(4-2)18-9-11-19(12-10-18)27-20-14-32(29,30)15-21(20)31-23(27)25-22(28)13-16-5-7-17(24)8-6-16/h5-12,20-21H,3-4,13-15H2,1-2H3/t20-,21-/m1/s1. The molecule has 1 amide bonds. The number of hydrogen-bond donors (Lipinski definition) is 0. The number of benzene rings is 2. The zero-order valence-corrected chi connectivity index (χ0v) is 19.7. The summed E-state index contributed by atoms with van der Waals surface area (Å²) < 4.78 is 37.6. The summed E-state index contributed by atoms with van der Waals surface area (Å²) in [7, 11) is -3.13. The molecule has 4 rings (SSSR count). The number of halogens is 1. The van der Waals surface area contributed by atoms with Crippen molar-refractivity contribution in [3.8, 4) is 0 Å². The minimum absolute atomic E-state index is 0.0492. The van der Waals surface area contributed by atoms with E-state index in [1.807, 2.05) is 29.2 Å². The molecule has 32 heavy (non-hydrogen) atoms. The third-order valence-corrected chi connectivity index (χ3v) is 9.02. The molecule has 2 heterocycles. The third kappa shape index (κ3) is 4.83. The van der Waals surface area contributed by atoms with Crippen molar-refractivity contribution in [2.24, 2.45) is 4.99 Å². The van der Waals surface area contributed by atoms with Crippen LogP contribution >= 0.6 is 11.8 Å². The van der Waals surface area contributed by atoms with Crippen molar-refractivity contribution < 1.29 is 17.6 Å². The Bertz CT molecular complexity index is 1110. The molecule has 170 valence electrons. The Morgan fingerprint density at radius 3 is 2.38 bits per heavy atom. The molecular formula is C23H26FN3O3S2. The van der Waals surface area contributed by atoms with Crippen LogP contribution in [0.25, 0.3) is 0 Å². The molecule has 0 bridgehead atoms. The highest BCUT2D eigenvalue weighted by Crippen LogP contribution is 2.41. The van der Waals surface area contributed by atoms with Crippen molar-refractivity contribution in [2.45, 2.75) is 31.6 Å². The molecule has 0 aromatic heterocycles. The molecule has 0 N–H and O–H groups in total. The maximum absolute atomic E-state index is 13.1. The Morgan fingerprint density at radius 2 is 1.75 bits per heavy atom. The van der Waals surface area contributed by atoms with Gasteiger partial charge in [0.05, 0.1) is 24.0 Å². The Labute approximate surface area is 192 Å². The first kappa shape index (κ1) is 22.8. The Kier molecular flexibility index (Phi) is 6.57. The van der Waals surface area contributed by atoms with Crippen LogP contribution in [0.5, 0.6) is 0 Å². The lowest BCUT2D eigenvalue weighted by Gasteiger charge is -2.26. The molecular weight excluding hydrogens is 449 g/mol. The van der Waals surface area contributed by atoms with Crippen molar-refractivity contribution in [3.05, 3.63) is 59.9 Å². The zero-order valence-electron chi connectivity index (χ0n) is 18.1. The molecule has 2 fully saturated rings. The van der Waals surface area contributed by atoms with Crippen LogP contribution in [0.1, 0.15) is 19.4 Å². The number of amidine groups is 1. The van der Waals surface area contributed by atoms with Gasteiger partial charge in [0.15, 0.2) is 15.0 Å². The molecule has 2 aromatic rings. The van der Waals surface area contributed by atoms with Crippen LogP contribution in [0.2, 0.25) is 0 Å². The molecule has 2 aliphatic heterocycles. The lowest BCUT2D eigenvalue weighted by atomic mass is 10.1. The summed E-state index contributed by atoms with van der Waals surface area (Å²) in [6.45, 7) is 5.98. The molecule has 0 unspecified atom stereocenters. The summed E-state index contributed by atoms with van der Waals surface area (Å²) in [6.07, 6.45) is 0.0622. The predicted molar refractivity (Wildman–Crippen MR) is 129 cm³/mol. The fourth-order valence-electron chi connectivity index (χ4n) is 4.20. The third-order valence-electron chi connectivity index (χ3n) is 5.81. The summed E-state index contributed by atoms with van der Waals surface area (Å²) >= 11 is 1.35. The number of sulfone groups is 1. The molecule has 2 aromatic carbocycles. The maximum atomic E-state index is 13.1. The van der Waals surface area contributed by atoms with E-state index in [-0.39, 0.29) is 40.9 Å². The van der Waals surface area contributed by atoms with Gasteiger partial charge in [-0.3, -0.25) is 4.79 Å².